The van der Waals surface area contributed by atoms with E-state index in [9.17, 15) is 0 Å². The number of benzene rings is 9. The molecule has 13 rings (SSSR count). The zero-order valence-electron chi connectivity index (χ0n) is 34.2. The van der Waals surface area contributed by atoms with Gasteiger partial charge in [-0.15, -0.1) is 0 Å². The standard InChI is InChI=1S/C58H38GeN4/c1-6-20-39(21-7-1)54-53-55(61-58(60-54)40-22-8-2-9-23-40)49-35-34-44(38-50(49)59(53,41-24-10-3-11-25-41)42-26-12-4-13-27-42)63-52-33-19-17-31-46(52)48-37-36-47-45-30-16-18-32-51(45)62(56(47)57(48)63)43-28-14-5-15-29-43/h1-38H. The maximum absolute atomic E-state index is 5.63. The van der Waals surface area contributed by atoms with Crippen molar-refractivity contribution in [3.05, 3.63) is 231 Å². The maximum atomic E-state index is 5.63. The molecule has 0 bridgehead atoms. The summed E-state index contributed by atoms with van der Waals surface area (Å²) < 4.78 is 10.3. The second-order valence-corrected chi connectivity index (χ2v) is 24.2. The van der Waals surface area contributed by atoms with Gasteiger partial charge in [-0.1, -0.05) is 0 Å². The van der Waals surface area contributed by atoms with Crippen molar-refractivity contribution in [2.45, 2.75) is 0 Å². The summed E-state index contributed by atoms with van der Waals surface area (Å²) >= 11 is -3.97. The predicted molar refractivity (Wildman–Crippen MR) is 264 cm³/mol. The topological polar surface area (TPSA) is 35.6 Å². The van der Waals surface area contributed by atoms with E-state index in [2.05, 4.69) is 240 Å². The first kappa shape index (κ1) is 35.9. The quantitative estimate of drug-likeness (QED) is 0.156. The van der Waals surface area contributed by atoms with Crippen LogP contribution in [-0.4, -0.2) is 32.4 Å². The van der Waals surface area contributed by atoms with Crippen molar-refractivity contribution in [3.63, 3.8) is 0 Å². The zero-order chi connectivity index (χ0) is 41.5. The molecule has 1 aliphatic heterocycles. The van der Waals surface area contributed by atoms with E-state index in [-0.39, 0.29) is 0 Å². The molecule has 1 aliphatic rings. The molecule has 0 saturated heterocycles. The molecule has 4 nitrogen and oxygen atoms in total. The summed E-state index contributed by atoms with van der Waals surface area (Å²) in [6, 6.07) is 84.2. The molecule has 0 atom stereocenters. The SMILES string of the molecule is c1ccc(-c2nc(-c3ccccc3)[c]3c(n2)-c2ccc(-n4c5ccccc5c5ccc6c7ccccc7n(-c7ccccc7)c6c54)c[c]2[Ge]3([c]2ccccc2)[c]2ccccc2)cc1. The molecule has 0 unspecified atom stereocenters. The number of rotatable bonds is 6. The Morgan fingerprint density at radius 1 is 0.349 bits per heavy atom. The molecular weight excluding hydrogens is 825 g/mol. The molecule has 12 aromatic rings. The number of para-hydroxylation sites is 3. The summed E-state index contributed by atoms with van der Waals surface area (Å²) in [5.74, 6) is 0.737. The van der Waals surface area contributed by atoms with Crippen LogP contribution in [0.2, 0.25) is 0 Å². The Kier molecular flexibility index (Phi) is 8.05. The molecule has 0 spiro atoms. The Bertz CT molecular complexity index is 3670. The molecule has 9 aromatic carbocycles. The molecular formula is C58H38GeN4. The van der Waals surface area contributed by atoms with Gasteiger partial charge in [0, 0.05) is 0 Å². The number of hydrogen-bond acceptors (Lipinski definition) is 2. The van der Waals surface area contributed by atoms with Crippen LogP contribution >= 0.6 is 0 Å². The molecule has 4 heterocycles. The molecule has 294 valence electrons. The second kappa shape index (κ2) is 14.1. The van der Waals surface area contributed by atoms with Gasteiger partial charge < -0.3 is 0 Å². The Balaban J connectivity index is 1.20. The van der Waals surface area contributed by atoms with Crippen LogP contribution in [0.4, 0.5) is 0 Å². The van der Waals surface area contributed by atoms with Crippen molar-refractivity contribution in [1.29, 1.82) is 0 Å². The Morgan fingerprint density at radius 3 is 1.38 bits per heavy atom. The van der Waals surface area contributed by atoms with Crippen molar-refractivity contribution in [3.8, 4) is 45.3 Å². The van der Waals surface area contributed by atoms with Gasteiger partial charge in [0.25, 0.3) is 0 Å². The molecule has 0 radical (unpaired) electrons. The number of nitrogens with zero attached hydrogens (tertiary/aromatic N) is 4. The Morgan fingerprint density at radius 2 is 0.810 bits per heavy atom. The average molecular weight is 864 g/mol. The van der Waals surface area contributed by atoms with Crippen LogP contribution in [0.5, 0.6) is 0 Å². The minimum absolute atomic E-state index is 0.737. The van der Waals surface area contributed by atoms with E-state index in [0.717, 1.165) is 39.7 Å². The summed E-state index contributed by atoms with van der Waals surface area (Å²) in [6.45, 7) is 0. The molecule has 0 amide bonds. The Hall–Kier alpha value is -7.80. The summed E-state index contributed by atoms with van der Waals surface area (Å²) in [6.07, 6.45) is 0. The van der Waals surface area contributed by atoms with Crippen LogP contribution in [-0.2, 0) is 0 Å². The van der Waals surface area contributed by atoms with E-state index in [1.54, 1.807) is 0 Å². The van der Waals surface area contributed by atoms with Gasteiger partial charge in [0.2, 0.25) is 0 Å². The van der Waals surface area contributed by atoms with E-state index in [4.69, 9.17) is 9.97 Å². The average Bonchev–Trinajstić information content (AvgIpc) is 3.99. The molecule has 0 N–H and O–H groups in total. The van der Waals surface area contributed by atoms with Crippen molar-refractivity contribution in [2.75, 3.05) is 0 Å². The fourth-order valence-corrected chi connectivity index (χ4v) is 21.6. The van der Waals surface area contributed by atoms with Crippen molar-refractivity contribution < 1.29 is 0 Å². The molecule has 0 aliphatic carbocycles. The molecule has 0 fully saturated rings. The predicted octanol–water partition coefficient (Wildman–Crippen LogP) is 11.4. The van der Waals surface area contributed by atoms with Crippen LogP contribution in [0.1, 0.15) is 0 Å². The zero-order valence-corrected chi connectivity index (χ0v) is 36.3. The van der Waals surface area contributed by atoms with Gasteiger partial charge in [-0.05, 0) is 0 Å². The number of hydrogen-bond donors (Lipinski definition) is 0. The first-order valence-corrected chi connectivity index (χ1v) is 25.8. The second-order valence-electron chi connectivity index (χ2n) is 16.5. The fourth-order valence-electron chi connectivity index (χ4n) is 10.6. The summed E-state index contributed by atoms with van der Waals surface area (Å²) in [4.78, 5) is 11.2. The molecule has 3 aromatic heterocycles. The fraction of sp³-hybridized carbons (Fsp3) is 0. The normalized spacial score (nSPS) is 12.9. The van der Waals surface area contributed by atoms with Crippen LogP contribution in [0.25, 0.3) is 88.9 Å². The van der Waals surface area contributed by atoms with E-state index in [1.165, 1.54) is 66.8 Å². The van der Waals surface area contributed by atoms with Crippen molar-refractivity contribution in [2.24, 2.45) is 0 Å². The first-order valence-electron chi connectivity index (χ1n) is 21.6. The Labute approximate surface area is 367 Å². The van der Waals surface area contributed by atoms with Gasteiger partial charge in [0.1, 0.15) is 0 Å². The van der Waals surface area contributed by atoms with Gasteiger partial charge in [-0.25, -0.2) is 0 Å². The van der Waals surface area contributed by atoms with Gasteiger partial charge in [0.05, 0.1) is 0 Å². The third-order valence-electron chi connectivity index (χ3n) is 13.2. The number of aromatic nitrogens is 4. The van der Waals surface area contributed by atoms with E-state index in [0.29, 0.717) is 0 Å². The van der Waals surface area contributed by atoms with Crippen LogP contribution < -0.4 is 17.6 Å². The number of fused-ring (bicyclic) bond motifs is 10. The third kappa shape index (κ3) is 5.22. The van der Waals surface area contributed by atoms with Crippen LogP contribution in [0, 0.1) is 0 Å². The first-order chi connectivity index (χ1) is 31.3. The van der Waals surface area contributed by atoms with Crippen molar-refractivity contribution >= 4 is 74.5 Å². The van der Waals surface area contributed by atoms with Crippen molar-refractivity contribution in [1.82, 2.24) is 19.1 Å². The van der Waals surface area contributed by atoms with Gasteiger partial charge in [-0.2, -0.15) is 0 Å². The molecule has 5 heteroatoms. The molecule has 63 heavy (non-hydrogen) atoms. The van der Waals surface area contributed by atoms with Gasteiger partial charge >= 0.3 is 369 Å². The summed E-state index contributed by atoms with van der Waals surface area (Å²) in [5.41, 5.74) is 12.4. The summed E-state index contributed by atoms with van der Waals surface area (Å²) in [7, 11) is 0. The summed E-state index contributed by atoms with van der Waals surface area (Å²) in [5, 5.41) is 4.93. The van der Waals surface area contributed by atoms with E-state index in [1.807, 2.05) is 0 Å². The third-order valence-corrected chi connectivity index (χ3v) is 23.3. The monoisotopic (exact) mass is 864 g/mol. The van der Waals surface area contributed by atoms with Gasteiger partial charge in [0.15, 0.2) is 0 Å². The van der Waals surface area contributed by atoms with Gasteiger partial charge in [-0.3, -0.25) is 0 Å². The van der Waals surface area contributed by atoms with Crippen LogP contribution in [0.3, 0.4) is 0 Å². The van der Waals surface area contributed by atoms with E-state index < -0.39 is 13.3 Å². The molecule has 0 saturated carbocycles. The minimum atomic E-state index is -3.97. The van der Waals surface area contributed by atoms with Crippen LogP contribution in [0.15, 0.2) is 231 Å². The van der Waals surface area contributed by atoms with E-state index >= 15 is 0 Å².